The molecule has 5 saturated heterocycles. The lowest BCUT2D eigenvalue weighted by Gasteiger charge is -2.44. The number of fused-ring (bicyclic) bond motifs is 4. The van der Waals surface area contributed by atoms with E-state index in [0.29, 0.717) is 22.7 Å². The third-order valence-electron chi connectivity index (χ3n) is 22.0. The molecule has 0 aromatic heterocycles. The summed E-state index contributed by atoms with van der Waals surface area (Å²) < 4.78 is 16.4. The van der Waals surface area contributed by atoms with E-state index >= 15 is 0 Å². The van der Waals surface area contributed by atoms with Crippen LogP contribution in [0.15, 0.2) is 91.0 Å². The molecule has 4 aromatic carbocycles. The van der Waals surface area contributed by atoms with Gasteiger partial charge in [-0.15, -0.1) is 0 Å². The average Bonchev–Trinajstić information content (AvgIpc) is 3.91. The molecule has 5 heterocycles. The Morgan fingerprint density at radius 2 is 0.943 bits per heavy atom. The van der Waals surface area contributed by atoms with Gasteiger partial charge in [0, 0.05) is 148 Å². The van der Waals surface area contributed by atoms with Gasteiger partial charge in [-0.2, -0.15) is 0 Å². The van der Waals surface area contributed by atoms with E-state index in [1.54, 1.807) is 7.11 Å². The fourth-order valence-corrected chi connectivity index (χ4v) is 17.8. The van der Waals surface area contributed by atoms with Crippen molar-refractivity contribution in [3.05, 3.63) is 106 Å². The summed E-state index contributed by atoms with van der Waals surface area (Å²) in [7, 11) is 1.76. The Hall–Kier alpha value is -4.34. The number of methoxy groups -OCH3 is 1. The second-order valence-electron chi connectivity index (χ2n) is 26.9. The molecule has 4 aromatic rings. The number of hydrogen-bond donors (Lipinski definition) is 0. The Morgan fingerprint density at radius 3 is 1.44 bits per heavy atom. The third kappa shape index (κ3) is 16.3. The molecule has 482 valence electrons. The number of anilines is 4. The first kappa shape index (κ1) is 65.2. The summed E-state index contributed by atoms with van der Waals surface area (Å²) in [5, 5.41) is 2.12. The Bertz CT molecular complexity index is 2800. The molecule has 8 atom stereocenters. The standard InChI is InChI=1S/C19H28N2O.C18H26ClN3O2.C18H28N2O.C17H22Cl2N2/c1-2-22-19-6-4-3-5-17(19)20-9-11-21(12-10-20)18-14-15-7-8-16(18)13-15;1-2-24-18(23)22-9-7-15(8-10-22)20-11-13-21(14-12-20)17-6-4-3-5-16(17)19;1-15-7-3-4-8-16(15)19-11-13-20(14-12-19)17-9-5-6-10-18(17)21-2;18-15-4-3-14(11-16(15)19)20-5-7-21(8-6-20)17-10-12-1-2-13(17)9-12/h3-6,15-16,18H,2,7-14H2,1H3;3-6,15H,2,7-14H2,1H3;5-6,9-10,15-16H,3-4,7-8,11-14H2,1-2H3;3-4,11-13,17H,1-2,5-10H2. The van der Waals surface area contributed by atoms with Gasteiger partial charge in [-0.25, -0.2) is 4.79 Å². The second kappa shape index (κ2) is 31.8. The van der Waals surface area contributed by atoms with Crippen molar-refractivity contribution in [2.75, 3.05) is 158 Å². The number of carbonyl (C=O) groups is 1. The largest absolute Gasteiger partial charge is 0.495 e. The van der Waals surface area contributed by atoms with Gasteiger partial charge in [-0.3, -0.25) is 19.6 Å². The summed E-state index contributed by atoms with van der Waals surface area (Å²) in [6.07, 6.45) is 19.5. The number of carbonyl (C=O) groups excluding carboxylic acids is 1. The summed E-state index contributed by atoms with van der Waals surface area (Å²) in [5.74, 6) is 6.99. The predicted molar refractivity (Wildman–Crippen MR) is 365 cm³/mol. The first-order valence-corrected chi connectivity index (χ1v) is 35.6. The highest BCUT2D eigenvalue weighted by atomic mass is 35.5. The van der Waals surface area contributed by atoms with E-state index in [0.717, 1.165) is 168 Å². The average molecular weight is 1270 g/mol. The van der Waals surface area contributed by atoms with Gasteiger partial charge < -0.3 is 38.7 Å². The van der Waals surface area contributed by atoms with Crippen LogP contribution in [0.3, 0.4) is 0 Å². The summed E-state index contributed by atoms with van der Waals surface area (Å²) in [5.41, 5.74) is 4.86. The lowest BCUT2D eigenvalue weighted by atomic mass is 9.84. The van der Waals surface area contributed by atoms with E-state index in [2.05, 4.69) is 108 Å². The summed E-state index contributed by atoms with van der Waals surface area (Å²) in [6, 6.07) is 34.1. The molecule has 13 nitrogen and oxygen atoms in total. The van der Waals surface area contributed by atoms with Gasteiger partial charge in [0.25, 0.3) is 0 Å². The van der Waals surface area contributed by atoms with Gasteiger partial charge in [0.1, 0.15) is 11.5 Å². The van der Waals surface area contributed by atoms with E-state index in [-0.39, 0.29) is 6.09 Å². The maximum atomic E-state index is 11.8. The minimum absolute atomic E-state index is 0.167. The van der Waals surface area contributed by atoms with Crippen LogP contribution in [0, 0.1) is 29.6 Å². The molecule has 10 fully saturated rings. The van der Waals surface area contributed by atoms with E-state index in [4.69, 9.17) is 49.0 Å². The molecule has 5 aliphatic carbocycles. The molecule has 88 heavy (non-hydrogen) atoms. The molecular formula is C72H104Cl3N9O4. The number of piperazine rings is 4. The fourth-order valence-electron chi connectivity index (χ4n) is 17.3. The zero-order valence-corrected chi connectivity index (χ0v) is 56.0. The molecule has 5 saturated carbocycles. The van der Waals surface area contributed by atoms with Gasteiger partial charge in [-0.05, 0) is 162 Å². The van der Waals surface area contributed by atoms with Gasteiger partial charge in [0.15, 0.2) is 0 Å². The van der Waals surface area contributed by atoms with Crippen molar-refractivity contribution in [2.45, 2.75) is 135 Å². The van der Waals surface area contributed by atoms with Crippen LogP contribution in [0.1, 0.15) is 111 Å². The zero-order valence-electron chi connectivity index (χ0n) is 53.7. The molecule has 1 amide bonds. The molecular weight excluding hydrogens is 1160 g/mol. The number of piperidine rings is 1. The first-order chi connectivity index (χ1) is 43.0. The number of ether oxygens (including phenoxy) is 3. The van der Waals surface area contributed by atoms with Crippen molar-refractivity contribution in [1.29, 1.82) is 0 Å². The van der Waals surface area contributed by atoms with Crippen LogP contribution in [-0.2, 0) is 4.74 Å². The highest BCUT2D eigenvalue weighted by Crippen LogP contribution is 2.48. The minimum Gasteiger partial charge on any atom is -0.495 e. The monoisotopic (exact) mass is 1260 g/mol. The van der Waals surface area contributed by atoms with E-state index in [9.17, 15) is 4.79 Å². The number of rotatable bonds is 12. The topological polar surface area (TPSA) is 73.9 Å². The minimum atomic E-state index is -0.167. The molecule has 4 bridgehead atoms. The van der Waals surface area contributed by atoms with Crippen molar-refractivity contribution in [2.24, 2.45) is 29.6 Å². The summed E-state index contributed by atoms with van der Waals surface area (Å²) in [6.45, 7) is 27.1. The molecule has 10 aliphatic rings. The van der Waals surface area contributed by atoms with Crippen LogP contribution in [-0.4, -0.2) is 193 Å². The maximum absolute atomic E-state index is 11.8. The van der Waals surface area contributed by atoms with Crippen molar-refractivity contribution in [3.63, 3.8) is 0 Å². The number of para-hydroxylation sites is 5. The lowest BCUT2D eigenvalue weighted by molar-refractivity contribution is 0.0729. The Morgan fingerprint density at radius 1 is 0.455 bits per heavy atom. The van der Waals surface area contributed by atoms with Crippen LogP contribution in [0.25, 0.3) is 0 Å². The van der Waals surface area contributed by atoms with Crippen LogP contribution in [0.2, 0.25) is 15.1 Å². The van der Waals surface area contributed by atoms with Gasteiger partial charge in [-0.1, -0.05) is 104 Å². The second-order valence-corrected chi connectivity index (χ2v) is 28.2. The SMILES string of the molecule is CCOC(=O)N1CCC(N2CCN(c3ccccc3Cl)CC2)CC1.CCOc1ccccc1N1CCN(C2CC3CCC2C3)CC1.COc1ccccc1N1CCN(C2CCCCC2C)CC1.Clc1ccc(N2CCN(C3CC4CCC3C4)CC2)cc1Cl. The van der Waals surface area contributed by atoms with E-state index < -0.39 is 0 Å². The molecule has 0 radical (unpaired) electrons. The van der Waals surface area contributed by atoms with Crippen LogP contribution in [0.4, 0.5) is 27.5 Å². The van der Waals surface area contributed by atoms with Crippen molar-refractivity contribution in [1.82, 2.24) is 24.5 Å². The van der Waals surface area contributed by atoms with E-state index in [1.807, 2.05) is 48.2 Å². The molecule has 16 heteroatoms. The van der Waals surface area contributed by atoms with Gasteiger partial charge in [0.05, 0.1) is 52.5 Å². The van der Waals surface area contributed by atoms with E-state index in [1.165, 1.54) is 133 Å². The fraction of sp³-hybridized carbons (Fsp3) is 0.653. The Labute approximate surface area is 543 Å². The van der Waals surface area contributed by atoms with Crippen molar-refractivity contribution in [3.8, 4) is 11.5 Å². The molecule has 5 aliphatic heterocycles. The molecule has 14 rings (SSSR count). The molecule has 0 spiro atoms. The maximum Gasteiger partial charge on any atom is 0.409 e. The van der Waals surface area contributed by atoms with Crippen LogP contribution < -0.4 is 29.1 Å². The van der Waals surface area contributed by atoms with Gasteiger partial charge >= 0.3 is 6.09 Å². The number of amides is 1. The number of halogens is 3. The number of likely N-dealkylation sites (tertiary alicyclic amines) is 1. The number of benzene rings is 4. The van der Waals surface area contributed by atoms with Gasteiger partial charge in [0.2, 0.25) is 0 Å². The summed E-state index contributed by atoms with van der Waals surface area (Å²) in [4.78, 5) is 34.2. The Balaban J connectivity index is 0.000000121. The molecule has 0 N–H and O–H groups in total. The highest BCUT2D eigenvalue weighted by Gasteiger charge is 2.44. The quantitative estimate of drug-likeness (QED) is 0.136. The molecule has 8 unspecified atom stereocenters. The first-order valence-electron chi connectivity index (χ1n) is 34.5. The van der Waals surface area contributed by atoms with Crippen LogP contribution in [0.5, 0.6) is 11.5 Å². The third-order valence-corrected chi connectivity index (χ3v) is 23.1. The predicted octanol–water partition coefficient (Wildman–Crippen LogP) is 14.2. The lowest BCUT2D eigenvalue weighted by Crippen LogP contribution is -2.53. The van der Waals surface area contributed by atoms with Crippen molar-refractivity contribution >= 4 is 63.6 Å². The normalized spacial score (nSPS) is 27.9. The van der Waals surface area contributed by atoms with Crippen molar-refractivity contribution < 1.29 is 19.0 Å². The highest BCUT2D eigenvalue weighted by molar-refractivity contribution is 6.42. The smallest absolute Gasteiger partial charge is 0.409 e. The Kier molecular flexibility index (Phi) is 23.5. The number of hydrogen-bond acceptors (Lipinski definition) is 12. The number of nitrogens with zero attached hydrogens (tertiary/aromatic N) is 9. The summed E-state index contributed by atoms with van der Waals surface area (Å²) >= 11 is 18.5. The zero-order chi connectivity index (χ0) is 60.9. The van der Waals surface area contributed by atoms with Crippen LogP contribution >= 0.6 is 34.8 Å².